The third-order valence-corrected chi connectivity index (χ3v) is 11.2. The first-order chi connectivity index (χ1) is 24.4. The molecule has 0 atom stereocenters. The van der Waals surface area contributed by atoms with E-state index in [9.17, 15) is 26.4 Å². The van der Waals surface area contributed by atoms with E-state index in [1.165, 1.54) is 66.0 Å². The first kappa shape index (κ1) is 37.1. The van der Waals surface area contributed by atoms with Gasteiger partial charge in [0.1, 0.15) is 11.5 Å². The lowest BCUT2D eigenvalue weighted by atomic mass is 10.2. The maximum absolute atomic E-state index is 13.6. The normalized spacial score (nSPS) is 12.0. The van der Waals surface area contributed by atoms with Crippen molar-refractivity contribution in [2.75, 3.05) is 11.9 Å². The summed E-state index contributed by atoms with van der Waals surface area (Å²) < 4.78 is 62.7. The molecule has 0 aliphatic carbocycles. The highest BCUT2D eigenvalue weighted by Crippen LogP contribution is 2.24. The fourth-order valence-corrected chi connectivity index (χ4v) is 7.83. The van der Waals surface area contributed by atoms with Crippen LogP contribution in [0.3, 0.4) is 0 Å². The molecule has 2 amide bonds. The Labute approximate surface area is 301 Å². The number of amides is 2. The Morgan fingerprint density at radius 3 is 1.80 bits per heavy atom. The molecule has 0 spiro atoms. The minimum atomic E-state index is -4.15. The quantitative estimate of drug-likeness (QED) is 0.104. The van der Waals surface area contributed by atoms with Crippen LogP contribution >= 0.6 is 11.6 Å². The minimum Gasteiger partial charge on any atom is -0.459 e. The van der Waals surface area contributed by atoms with Crippen molar-refractivity contribution < 1.29 is 30.8 Å². The second kappa shape index (κ2) is 16.7. The van der Waals surface area contributed by atoms with Crippen LogP contribution in [0.2, 0.25) is 5.02 Å². The molecule has 2 N–H and O–H groups in total. The molecule has 1 heterocycles. The Balaban J connectivity index is 1.28. The molecule has 15 heteroatoms. The number of rotatable bonds is 15. The lowest BCUT2D eigenvalue weighted by Crippen LogP contribution is -2.39. The second-order valence-corrected chi connectivity index (χ2v) is 15.6. The number of hydrogen-bond acceptors (Lipinski definition) is 8. The summed E-state index contributed by atoms with van der Waals surface area (Å²) in [5, 5.41) is 6.93. The standard InChI is InChI=1S/C36H34ClN5O7S2/c1-27(43)39-31-14-20-35(21-15-31)51(47,48)42(24-29-10-6-3-7-11-29)26-36(44)40-38-22-32-16-17-33(49-32)25-41(23-28-8-4-2-5-9-28)50(45,46)34-18-12-30(37)13-19-34/h2-22H,23-26H2,1H3,(H,39,43)(H,40,44)/b38-22-. The topological polar surface area (TPSA) is 158 Å². The lowest BCUT2D eigenvalue weighted by Gasteiger charge is -2.21. The van der Waals surface area contributed by atoms with E-state index in [1.807, 2.05) is 30.3 Å². The molecule has 0 aliphatic heterocycles. The zero-order valence-corrected chi connectivity index (χ0v) is 29.7. The Morgan fingerprint density at radius 1 is 0.706 bits per heavy atom. The summed E-state index contributed by atoms with van der Waals surface area (Å²) in [4.78, 5) is 24.4. The summed E-state index contributed by atoms with van der Waals surface area (Å²) in [5.41, 5.74) is 4.20. The van der Waals surface area contributed by atoms with Gasteiger partial charge in [0.25, 0.3) is 5.91 Å². The summed E-state index contributed by atoms with van der Waals surface area (Å²) >= 11 is 5.98. The summed E-state index contributed by atoms with van der Waals surface area (Å²) in [5.74, 6) is -0.468. The SMILES string of the molecule is CC(=O)Nc1ccc(S(=O)(=O)N(CC(=O)N/N=C\c2ccc(CN(Cc3ccccc3)S(=O)(=O)c3ccc(Cl)cc3)o2)Cc2ccccc2)cc1. The fourth-order valence-electron chi connectivity index (χ4n) is 4.93. The van der Waals surface area contributed by atoms with Crippen LogP contribution in [0.25, 0.3) is 0 Å². The molecule has 0 bridgehead atoms. The predicted octanol–water partition coefficient (Wildman–Crippen LogP) is 5.62. The molecule has 51 heavy (non-hydrogen) atoms. The number of nitrogens with zero attached hydrogens (tertiary/aromatic N) is 3. The van der Waals surface area contributed by atoms with Crippen molar-refractivity contribution in [3.8, 4) is 0 Å². The molecule has 0 unspecified atom stereocenters. The lowest BCUT2D eigenvalue weighted by molar-refractivity contribution is -0.121. The third-order valence-electron chi connectivity index (χ3n) is 7.38. The third kappa shape index (κ3) is 10.2. The number of nitrogens with one attached hydrogen (secondary N) is 2. The van der Waals surface area contributed by atoms with Gasteiger partial charge in [-0.25, -0.2) is 22.3 Å². The monoisotopic (exact) mass is 747 g/mol. The average Bonchev–Trinajstić information content (AvgIpc) is 3.56. The molecule has 0 radical (unpaired) electrons. The molecular weight excluding hydrogens is 714 g/mol. The summed E-state index contributed by atoms with van der Waals surface area (Å²) in [6.07, 6.45) is 1.23. The van der Waals surface area contributed by atoms with Crippen molar-refractivity contribution in [3.05, 3.63) is 149 Å². The molecule has 12 nitrogen and oxygen atoms in total. The number of hydrazone groups is 1. The molecule has 0 fully saturated rings. The van der Waals surface area contributed by atoms with Gasteiger partial charge in [-0.2, -0.15) is 13.7 Å². The smallest absolute Gasteiger partial charge is 0.255 e. The van der Waals surface area contributed by atoms with E-state index in [0.29, 0.717) is 22.0 Å². The molecule has 5 rings (SSSR count). The van der Waals surface area contributed by atoms with Crippen molar-refractivity contribution in [2.45, 2.75) is 36.3 Å². The number of sulfonamides is 2. The fraction of sp³-hybridized carbons (Fsp3) is 0.139. The Kier molecular flexibility index (Phi) is 12.2. The van der Waals surface area contributed by atoms with Gasteiger partial charge in [0.15, 0.2) is 0 Å². The molecule has 4 aromatic carbocycles. The van der Waals surface area contributed by atoms with Gasteiger partial charge in [0.2, 0.25) is 26.0 Å². The summed E-state index contributed by atoms with van der Waals surface area (Å²) in [7, 11) is -8.11. The number of carbonyl (C=O) groups is 2. The van der Waals surface area contributed by atoms with Crippen molar-refractivity contribution >= 4 is 55.4 Å². The van der Waals surface area contributed by atoms with Crippen LogP contribution in [0.4, 0.5) is 5.69 Å². The highest BCUT2D eigenvalue weighted by Gasteiger charge is 2.28. The number of hydrogen-bond donors (Lipinski definition) is 2. The van der Waals surface area contributed by atoms with Crippen molar-refractivity contribution in [3.63, 3.8) is 0 Å². The zero-order valence-electron chi connectivity index (χ0n) is 27.3. The Morgan fingerprint density at radius 2 is 1.24 bits per heavy atom. The number of anilines is 1. The highest BCUT2D eigenvalue weighted by molar-refractivity contribution is 7.89. The van der Waals surface area contributed by atoms with Crippen LogP contribution in [-0.2, 0) is 49.3 Å². The van der Waals surface area contributed by atoms with Crippen molar-refractivity contribution in [1.82, 2.24) is 14.0 Å². The van der Waals surface area contributed by atoms with E-state index >= 15 is 0 Å². The van der Waals surface area contributed by atoms with Gasteiger partial charge in [0.05, 0.1) is 29.1 Å². The van der Waals surface area contributed by atoms with Crippen LogP contribution in [-0.4, -0.2) is 50.0 Å². The Hall–Kier alpha value is -5.12. The van der Waals surface area contributed by atoms with Gasteiger partial charge in [0, 0.05) is 30.7 Å². The van der Waals surface area contributed by atoms with Crippen LogP contribution in [0, 0.1) is 0 Å². The van der Waals surface area contributed by atoms with E-state index in [0.717, 1.165) is 9.87 Å². The number of carbonyl (C=O) groups excluding carboxylic acids is 2. The highest BCUT2D eigenvalue weighted by atomic mass is 35.5. The summed E-state index contributed by atoms with van der Waals surface area (Å²) in [6, 6.07) is 32.6. The van der Waals surface area contributed by atoms with Crippen LogP contribution in [0.5, 0.6) is 0 Å². The molecule has 0 saturated carbocycles. The van der Waals surface area contributed by atoms with Crippen LogP contribution < -0.4 is 10.7 Å². The van der Waals surface area contributed by atoms with Gasteiger partial charge in [-0.3, -0.25) is 9.59 Å². The first-order valence-electron chi connectivity index (χ1n) is 15.5. The molecule has 0 aliphatic rings. The average molecular weight is 748 g/mol. The summed E-state index contributed by atoms with van der Waals surface area (Å²) in [6.45, 7) is 0.678. The maximum Gasteiger partial charge on any atom is 0.255 e. The van der Waals surface area contributed by atoms with E-state index in [2.05, 4.69) is 15.8 Å². The molecule has 0 saturated heterocycles. The van der Waals surface area contributed by atoms with Gasteiger partial charge >= 0.3 is 0 Å². The van der Waals surface area contributed by atoms with E-state index in [1.54, 1.807) is 42.5 Å². The predicted molar refractivity (Wildman–Crippen MR) is 194 cm³/mol. The van der Waals surface area contributed by atoms with Gasteiger partial charge in [-0.05, 0) is 71.8 Å². The van der Waals surface area contributed by atoms with Crippen LogP contribution in [0.15, 0.2) is 141 Å². The Bertz CT molecular complexity index is 2200. The zero-order chi connectivity index (χ0) is 36.4. The minimum absolute atomic E-state index is 0.0636. The second-order valence-electron chi connectivity index (χ2n) is 11.3. The first-order valence-corrected chi connectivity index (χ1v) is 18.8. The molecule has 264 valence electrons. The molecule has 1 aromatic heterocycles. The van der Waals surface area contributed by atoms with E-state index in [-0.39, 0.29) is 41.1 Å². The van der Waals surface area contributed by atoms with Gasteiger partial charge in [-0.15, -0.1) is 0 Å². The number of furan rings is 1. The van der Waals surface area contributed by atoms with Crippen LogP contribution in [0.1, 0.15) is 29.6 Å². The number of benzene rings is 4. The number of halogens is 1. The van der Waals surface area contributed by atoms with Crippen molar-refractivity contribution in [1.29, 1.82) is 0 Å². The molecule has 5 aromatic rings. The van der Waals surface area contributed by atoms with E-state index < -0.39 is 32.5 Å². The molecular formula is C36H34ClN5O7S2. The van der Waals surface area contributed by atoms with E-state index in [4.69, 9.17) is 16.0 Å². The van der Waals surface area contributed by atoms with Gasteiger partial charge in [-0.1, -0.05) is 72.3 Å². The van der Waals surface area contributed by atoms with Crippen molar-refractivity contribution in [2.24, 2.45) is 5.10 Å². The van der Waals surface area contributed by atoms with Gasteiger partial charge < -0.3 is 9.73 Å². The largest absolute Gasteiger partial charge is 0.459 e. The maximum atomic E-state index is 13.6.